The molecule has 0 saturated carbocycles. The van der Waals surface area contributed by atoms with Gasteiger partial charge in [-0.2, -0.15) is 0 Å². The summed E-state index contributed by atoms with van der Waals surface area (Å²) in [7, 11) is 1.45. The van der Waals surface area contributed by atoms with Gasteiger partial charge in [-0.15, -0.1) is 0 Å². The van der Waals surface area contributed by atoms with E-state index >= 15 is 0 Å². The first-order valence-electron chi connectivity index (χ1n) is 5.24. The Hall–Kier alpha value is -2.63. The van der Waals surface area contributed by atoms with Crippen molar-refractivity contribution in [2.45, 2.75) is 0 Å². The van der Waals surface area contributed by atoms with Crippen LogP contribution in [-0.2, 0) is 7.05 Å². The Balaban J connectivity index is 2.81. The van der Waals surface area contributed by atoms with Crippen LogP contribution < -0.4 is 16.7 Å². The molecular weight excluding hydrogens is 236 g/mol. The molecule has 18 heavy (non-hydrogen) atoms. The molecule has 0 saturated heterocycles. The number of hydrogen-bond donors (Lipinski definition) is 1. The van der Waals surface area contributed by atoms with Crippen LogP contribution in [0.4, 0.5) is 0 Å². The van der Waals surface area contributed by atoms with Gasteiger partial charge < -0.3 is 14.0 Å². The molecule has 6 nitrogen and oxygen atoms in total. The van der Waals surface area contributed by atoms with Crippen LogP contribution in [-0.4, -0.2) is 9.55 Å². The van der Waals surface area contributed by atoms with Gasteiger partial charge in [0.1, 0.15) is 5.58 Å². The van der Waals surface area contributed by atoms with Crippen LogP contribution in [0, 0.1) is 0 Å². The third-order valence-electron chi connectivity index (χ3n) is 2.86. The van der Waals surface area contributed by atoms with Gasteiger partial charge in [0.15, 0.2) is 5.52 Å². The highest BCUT2D eigenvalue weighted by molar-refractivity contribution is 6.00. The summed E-state index contributed by atoms with van der Waals surface area (Å²) in [6.45, 7) is 0. The fourth-order valence-electron chi connectivity index (χ4n) is 2.01. The van der Waals surface area contributed by atoms with E-state index < -0.39 is 16.7 Å². The van der Waals surface area contributed by atoms with Crippen molar-refractivity contribution in [3.8, 4) is 0 Å². The predicted octanol–water partition coefficient (Wildman–Crippen LogP) is 0.333. The molecule has 1 aromatic carbocycles. The van der Waals surface area contributed by atoms with E-state index in [9.17, 15) is 14.4 Å². The Morgan fingerprint density at radius 2 is 1.89 bits per heavy atom. The highest BCUT2D eigenvalue weighted by atomic mass is 16.4. The second kappa shape index (κ2) is 3.43. The highest BCUT2D eigenvalue weighted by Crippen LogP contribution is 2.18. The lowest BCUT2D eigenvalue weighted by Gasteiger charge is -2.05. The van der Waals surface area contributed by atoms with Crippen molar-refractivity contribution in [3.63, 3.8) is 0 Å². The third-order valence-corrected chi connectivity index (χ3v) is 2.86. The number of nitrogens with one attached hydrogen (secondary N) is 1. The summed E-state index contributed by atoms with van der Waals surface area (Å²) >= 11 is 0. The van der Waals surface area contributed by atoms with Gasteiger partial charge >= 0.3 is 16.7 Å². The maximum absolute atomic E-state index is 11.8. The first-order chi connectivity index (χ1) is 8.59. The quantitative estimate of drug-likeness (QED) is 0.351. The van der Waals surface area contributed by atoms with E-state index in [1.807, 2.05) is 0 Å². The number of H-pyrrole nitrogens is 1. The van der Waals surface area contributed by atoms with Crippen LogP contribution in [0.25, 0.3) is 22.0 Å². The van der Waals surface area contributed by atoms with Crippen molar-refractivity contribution < 1.29 is 4.42 Å². The minimum absolute atomic E-state index is 0.000741. The maximum Gasteiger partial charge on any atom is 0.362 e. The number of rotatable bonds is 0. The standard InChI is InChI=1S/C12H8N2O4/c1-14-9-6-4-2-3-5-7(6)18-12(17)8(9)13-10(15)11(14)16/h2-5H,1H3,(H,13,15). The Labute approximate surface area is 99.1 Å². The van der Waals surface area contributed by atoms with E-state index in [1.54, 1.807) is 24.3 Å². The Morgan fingerprint density at radius 1 is 1.17 bits per heavy atom. The Morgan fingerprint density at radius 3 is 2.67 bits per heavy atom. The molecule has 0 radical (unpaired) electrons. The van der Waals surface area contributed by atoms with Crippen molar-refractivity contribution >= 4 is 22.0 Å². The van der Waals surface area contributed by atoms with Crippen LogP contribution in [0.2, 0.25) is 0 Å². The van der Waals surface area contributed by atoms with Gasteiger partial charge in [0, 0.05) is 12.4 Å². The van der Waals surface area contributed by atoms with Crippen LogP contribution in [0.1, 0.15) is 0 Å². The molecule has 3 rings (SSSR count). The predicted molar refractivity (Wildman–Crippen MR) is 65.9 cm³/mol. The minimum atomic E-state index is -0.840. The fraction of sp³-hybridized carbons (Fsp3) is 0.0833. The van der Waals surface area contributed by atoms with Crippen molar-refractivity contribution in [1.29, 1.82) is 0 Å². The van der Waals surface area contributed by atoms with Crippen molar-refractivity contribution in [3.05, 3.63) is 55.4 Å². The number of aryl methyl sites for hydroxylation is 1. The van der Waals surface area contributed by atoms with E-state index in [0.717, 1.165) is 4.57 Å². The first kappa shape index (κ1) is 10.5. The molecule has 0 aliphatic rings. The largest absolute Gasteiger partial charge is 0.421 e. The average molecular weight is 244 g/mol. The van der Waals surface area contributed by atoms with Gasteiger partial charge in [-0.05, 0) is 12.1 Å². The fourth-order valence-corrected chi connectivity index (χ4v) is 2.01. The second-order valence-electron chi connectivity index (χ2n) is 3.93. The van der Waals surface area contributed by atoms with E-state index in [1.165, 1.54) is 7.05 Å². The van der Waals surface area contributed by atoms with Gasteiger partial charge in [0.25, 0.3) is 0 Å². The van der Waals surface area contributed by atoms with E-state index in [2.05, 4.69) is 4.98 Å². The number of para-hydroxylation sites is 1. The normalized spacial score (nSPS) is 11.2. The summed E-state index contributed by atoms with van der Waals surface area (Å²) in [4.78, 5) is 37.0. The molecule has 1 N–H and O–H groups in total. The number of aromatic nitrogens is 2. The molecule has 6 heteroatoms. The lowest BCUT2D eigenvalue weighted by atomic mass is 10.2. The summed E-state index contributed by atoms with van der Waals surface area (Å²) in [5.41, 5.74) is -1.48. The molecule has 2 heterocycles. The van der Waals surface area contributed by atoms with Crippen LogP contribution >= 0.6 is 0 Å². The van der Waals surface area contributed by atoms with E-state index in [4.69, 9.17) is 4.42 Å². The SMILES string of the molecule is Cn1c(=O)c(=O)[nH]c2c(=O)oc3ccccc3c21. The molecule has 0 fully saturated rings. The number of hydrogen-bond acceptors (Lipinski definition) is 4. The summed E-state index contributed by atoms with van der Waals surface area (Å²) in [6.07, 6.45) is 0. The van der Waals surface area contributed by atoms with Gasteiger partial charge in [-0.25, -0.2) is 4.79 Å². The van der Waals surface area contributed by atoms with Gasteiger partial charge in [-0.1, -0.05) is 12.1 Å². The number of nitrogens with zero attached hydrogens (tertiary/aromatic N) is 1. The van der Waals surface area contributed by atoms with E-state index in [0.29, 0.717) is 16.5 Å². The van der Waals surface area contributed by atoms with Gasteiger partial charge in [-0.3, -0.25) is 9.59 Å². The third kappa shape index (κ3) is 1.26. The van der Waals surface area contributed by atoms with Crippen molar-refractivity contribution in [2.24, 2.45) is 7.05 Å². The Kier molecular flexibility index (Phi) is 2.00. The maximum atomic E-state index is 11.8. The van der Waals surface area contributed by atoms with E-state index in [-0.39, 0.29) is 5.52 Å². The number of aromatic amines is 1. The Bertz CT molecular complexity index is 946. The van der Waals surface area contributed by atoms with Crippen molar-refractivity contribution in [1.82, 2.24) is 9.55 Å². The lowest BCUT2D eigenvalue weighted by molar-refractivity contribution is 0.566. The summed E-state index contributed by atoms with van der Waals surface area (Å²) < 4.78 is 6.24. The smallest absolute Gasteiger partial charge is 0.362 e. The zero-order chi connectivity index (χ0) is 12.9. The molecule has 0 bridgehead atoms. The summed E-state index contributed by atoms with van der Waals surface area (Å²) in [5, 5.41) is 0.600. The number of benzene rings is 1. The first-order valence-corrected chi connectivity index (χ1v) is 5.24. The van der Waals surface area contributed by atoms with Gasteiger partial charge in [0.05, 0.1) is 5.52 Å². The van der Waals surface area contributed by atoms with Gasteiger partial charge in [0.2, 0.25) is 0 Å². The zero-order valence-corrected chi connectivity index (χ0v) is 9.39. The highest BCUT2D eigenvalue weighted by Gasteiger charge is 2.12. The van der Waals surface area contributed by atoms with Crippen LogP contribution in [0.3, 0.4) is 0 Å². The molecule has 90 valence electrons. The van der Waals surface area contributed by atoms with Crippen LogP contribution in [0.5, 0.6) is 0 Å². The lowest BCUT2D eigenvalue weighted by Crippen LogP contribution is -2.36. The summed E-state index contributed by atoms with van der Waals surface area (Å²) in [5.74, 6) is 0. The van der Waals surface area contributed by atoms with Crippen molar-refractivity contribution in [2.75, 3.05) is 0 Å². The second-order valence-corrected chi connectivity index (χ2v) is 3.93. The molecule has 0 amide bonds. The average Bonchev–Trinajstić information content (AvgIpc) is 2.36. The minimum Gasteiger partial charge on any atom is -0.421 e. The molecule has 0 spiro atoms. The molecular formula is C12H8N2O4. The monoisotopic (exact) mass is 244 g/mol. The summed E-state index contributed by atoms with van der Waals surface area (Å²) in [6, 6.07) is 6.84. The molecule has 0 atom stereocenters. The number of fused-ring (bicyclic) bond motifs is 3. The molecule has 2 aromatic heterocycles. The molecule has 0 unspecified atom stereocenters. The van der Waals surface area contributed by atoms with Crippen LogP contribution in [0.15, 0.2) is 43.1 Å². The molecule has 3 aromatic rings. The molecule has 0 aliphatic heterocycles. The zero-order valence-electron chi connectivity index (χ0n) is 9.39. The topological polar surface area (TPSA) is 85.1 Å². The molecule has 0 aliphatic carbocycles.